The molecule has 7 heteroatoms. The third-order valence-corrected chi connectivity index (χ3v) is 4.56. The van der Waals surface area contributed by atoms with Crippen molar-refractivity contribution in [2.75, 3.05) is 0 Å². The van der Waals surface area contributed by atoms with Crippen LogP contribution in [0.5, 0.6) is 0 Å². The molecule has 0 saturated carbocycles. The summed E-state index contributed by atoms with van der Waals surface area (Å²) in [6.45, 7) is 3.86. The number of hydrogen-bond donors (Lipinski definition) is 1. The molecule has 28 heavy (non-hydrogen) atoms. The zero-order chi connectivity index (χ0) is 20.3. The van der Waals surface area contributed by atoms with Gasteiger partial charge in [-0.3, -0.25) is 9.36 Å². The molecule has 0 radical (unpaired) electrons. The number of aromatic carboxylic acids is 1. The lowest BCUT2D eigenvalue weighted by Gasteiger charge is -2.08. The molecule has 0 fully saturated rings. The number of hydrogen-bond acceptors (Lipinski definition) is 4. The van der Waals surface area contributed by atoms with Gasteiger partial charge < -0.3 is 5.11 Å². The smallest absolute Gasteiger partial charge is 0.353 e. The summed E-state index contributed by atoms with van der Waals surface area (Å²) >= 11 is 0. The molecule has 1 aromatic heterocycles. The van der Waals surface area contributed by atoms with Gasteiger partial charge in [-0.2, -0.15) is 0 Å². The molecule has 1 N–H and O–H groups in total. The van der Waals surface area contributed by atoms with Gasteiger partial charge in [0.05, 0.1) is 12.1 Å². The molecule has 0 atom stereocenters. The number of carbonyl (C=O) groups excluding carboxylic acids is 1. The van der Waals surface area contributed by atoms with Crippen molar-refractivity contribution in [3.05, 3.63) is 76.0 Å². The molecule has 2 aromatic carbocycles. The lowest BCUT2D eigenvalue weighted by atomic mass is 9.99. The van der Waals surface area contributed by atoms with Gasteiger partial charge in [0.1, 0.15) is 5.82 Å². The zero-order valence-electron chi connectivity index (χ0n) is 15.8. The normalized spacial score (nSPS) is 10.8. The minimum absolute atomic E-state index is 0.206. The Morgan fingerprint density at radius 2 is 1.71 bits per heavy atom. The molecule has 1 heterocycles. The van der Waals surface area contributed by atoms with E-state index >= 15 is 0 Å². The highest BCUT2D eigenvalue weighted by Crippen LogP contribution is 2.24. The Balaban J connectivity index is 1.92. The highest BCUT2D eigenvalue weighted by molar-refractivity contribution is 5.95. The predicted octanol–water partition coefficient (Wildman–Crippen LogP) is 3.07. The Kier molecular flexibility index (Phi) is 5.54. The van der Waals surface area contributed by atoms with Crippen molar-refractivity contribution in [1.29, 1.82) is 0 Å². The van der Waals surface area contributed by atoms with E-state index in [2.05, 4.69) is 5.10 Å². The number of benzene rings is 2. The SMILES string of the molecule is CCC(=O)n1nc(CC)n(Cc2ccc(-c3ccccc3C(=O)O)cc2)c1=O. The Hall–Kier alpha value is -3.48. The summed E-state index contributed by atoms with van der Waals surface area (Å²) in [6, 6.07) is 14.2. The Morgan fingerprint density at radius 1 is 1.04 bits per heavy atom. The first-order chi connectivity index (χ1) is 13.5. The molecule has 0 saturated heterocycles. The molecule has 0 amide bonds. The lowest BCUT2D eigenvalue weighted by Crippen LogP contribution is -2.29. The summed E-state index contributed by atoms with van der Waals surface area (Å²) in [5, 5.41) is 13.5. The second kappa shape index (κ2) is 8.04. The van der Waals surface area contributed by atoms with Crippen LogP contribution < -0.4 is 5.69 Å². The van der Waals surface area contributed by atoms with Crippen molar-refractivity contribution < 1.29 is 14.7 Å². The third-order valence-electron chi connectivity index (χ3n) is 4.56. The minimum atomic E-state index is -0.980. The summed E-state index contributed by atoms with van der Waals surface area (Å²) in [7, 11) is 0. The molecule has 0 aliphatic heterocycles. The van der Waals surface area contributed by atoms with Crippen LogP contribution >= 0.6 is 0 Å². The van der Waals surface area contributed by atoms with Gasteiger partial charge >= 0.3 is 11.7 Å². The maximum absolute atomic E-state index is 12.5. The van der Waals surface area contributed by atoms with Crippen molar-refractivity contribution >= 4 is 11.9 Å². The van der Waals surface area contributed by atoms with Gasteiger partial charge in [-0.25, -0.2) is 9.59 Å². The monoisotopic (exact) mass is 379 g/mol. The lowest BCUT2D eigenvalue weighted by molar-refractivity contribution is 0.0697. The molecular weight excluding hydrogens is 358 g/mol. The molecule has 7 nitrogen and oxygen atoms in total. The summed E-state index contributed by atoms with van der Waals surface area (Å²) in [5.74, 6) is -0.766. The van der Waals surface area contributed by atoms with Gasteiger partial charge in [0, 0.05) is 12.8 Å². The molecule has 3 aromatic rings. The predicted molar refractivity (Wildman–Crippen MR) is 105 cm³/mol. The van der Waals surface area contributed by atoms with Gasteiger partial charge in [-0.1, -0.05) is 56.3 Å². The van der Waals surface area contributed by atoms with Crippen molar-refractivity contribution in [3.63, 3.8) is 0 Å². The van der Waals surface area contributed by atoms with Gasteiger partial charge in [0.15, 0.2) is 0 Å². The van der Waals surface area contributed by atoms with Crippen LogP contribution in [0.15, 0.2) is 53.3 Å². The van der Waals surface area contributed by atoms with Crippen LogP contribution in [0, 0.1) is 0 Å². The fraction of sp³-hybridized carbons (Fsp3) is 0.238. The van der Waals surface area contributed by atoms with E-state index in [1.165, 1.54) is 4.57 Å². The number of nitrogens with zero attached hydrogens (tertiary/aromatic N) is 3. The molecule has 3 rings (SSSR count). The zero-order valence-corrected chi connectivity index (χ0v) is 15.8. The van der Waals surface area contributed by atoms with Crippen molar-refractivity contribution in [1.82, 2.24) is 14.3 Å². The van der Waals surface area contributed by atoms with Crippen LogP contribution in [0.3, 0.4) is 0 Å². The number of carboxylic acids is 1. The quantitative estimate of drug-likeness (QED) is 0.710. The van der Waals surface area contributed by atoms with E-state index < -0.39 is 11.7 Å². The fourth-order valence-electron chi connectivity index (χ4n) is 3.06. The maximum Gasteiger partial charge on any atom is 0.353 e. The summed E-state index contributed by atoms with van der Waals surface area (Å²) in [5.41, 5.74) is 2.07. The first kappa shape index (κ1) is 19.3. The maximum atomic E-state index is 12.5. The standard InChI is InChI=1S/C21H21N3O4/c1-3-18-22-24(19(25)4-2)21(28)23(18)13-14-9-11-15(12-10-14)16-7-5-6-8-17(16)20(26)27/h5-12H,3-4,13H2,1-2H3,(H,26,27). The Morgan fingerprint density at radius 3 is 2.32 bits per heavy atom. The minimum Gasteiger partial charge on any atom is -0.478 e. The second-order valence-electron chi connectivity index (χ2n) is 6.35. The van der Waals surface area contributed by atoms with Crippen molar-refractivity contribution in [2.45, 2.75) is 33.2 Å². The van der Waals surface area contributed by atoms with Crippen LogP contribution in [0.2, 0.25) is 0 Å². The van der Waals surface area contributed by atoms with Gasteiger partial charge in [-0.15, -0.1) is 9.78 Å². The van der Waals surface area contributed by atoms with Crippen LogP contribution in [0.4, 0.5) is 0 Å². The average Bonchev–Trinajstić information content (AvgIpc) is 3.03. The van der Waals surface area contributed by atoms with Gasteiger partial charge in [0.2, 0.25) is 0 Å². The molecule has 0 aliphatic rings. The first-order valence-electron chi connectivity index (χ1n) is 9.09. The number of carbonyl (C=O) groups is 2. The number of aromatic nitrogens is 3. The Bertz CT molecular complexity index is 1080. The van der Waals surface area contributed by atoms with E-state index in [4.69, 9.17) is 0 Å². The van der Waals surface area contributed by atoms with Crippen LogP contribution in [0.1, 0.15) is 46.8 Å². The van der Waals surface area contributed by atoms with E-state index in [0.717, 1.165) is 15.8 Å². The summed E-state index contributed by atoms with van der Waals surface area (Å²) in [6.07, 6.45) is 0.737. The van der Waals surface area contributed by atoms with E-state index in [0.29, 0.717) is 24.4 Å². The highest BCUT2D eigenvalue weighted by Gasteiger charge is 2.16. The van der Waals surface area contributed by atoms with Crippen molar-refractivity contribution in [2.24, 2.45) is 0 Å². The Labute approximate surface area is 161 Å². The van der Waals surface area contributed by atoms with Crippen molar-refractivity contribution in [3.8, 4) is 11.1 Å². The van der Waals surface area contributed by atoms with E-state index in [1.807, 2.05) is 31.2 Å². The van der Waals surface area contributed by atoms with E-state index in [-0.39, 0.29) is 17.9 Å². The van der Waals surface area contributed by atoms with Crippen LogP contribution in [0.25, 0.3) is 11.1 Å². The summed E-state index contributed by atoms with van der Waals surface area (Å²) in [4.78, 5) is 35.9. The first-order valence-corrected chi connectivity index (χ1v) is 9.09. The highest BCUT2D eigenvalue weighted by atomic mass is 16.4. The topological polar surface area (TPSA) is 94.2 Å². The summed E-state index contributed by atoms with van der Waals surface area (Å²) < 4.78 is 2.42. The molecule has 0 aliphatic carbocycles. The average molecular weight is 379 g/mol. The second-order valence-corrected chi connectivity index (χ2v) is 6.35. The molecule has 0 bridgehead atoms. The van der Waals surface area contributed by atoms with E-state index in [9.17, 15) is 19.5 Å². The van der Waals surface area contributed by atoms with Crippen LogP contribution in [-0.4, -0.2) is 31.3 Å². The fourth-order valence-corrected chi connectivity index (χ4v) is 3.06. The van der Waals surface area contributed by atoms with E-state index in [1.54, 1.807) is 31.2 Å². The molecule has 0 spiro atoms. The number of carboxylic acid groups (broad SMARTS) is 1. The number of aryl methyl sites for hydroxylation is 1. The van der Waals surface area contributed by atoms with Gasteiger partial charge in [0.25, 0.3) is 5.91 Å². The molecule has 144 valence electrons. The van der Waals surface area contributed by atoms with Gasteiger partial charge in [-0.05, 0) is 22.8 Å². The third kappa shape index (κ3) is 3.64. The molecular formula is C21H21N3O4. The molecule has 0 unspecified atom stereocenters. The van der Waals surface area contributed by atoms with Crippen LogP contribution in [-0.2, 0) is 13.0 Å². The largest absolute Gasteiger partial charge is 0.478 e. The number of rotatable bonds is 6.